The average Bonchev–Trinajstić information content (AvgIpc) is 2.27. The van der Waals surface area contributed by atoms with Gasteiger partial charge in [-0.1, -0.05) is 0 Å². The molecule has 1 N–H and O–H groups in total. The molecule has 0 fully saturated rings. The van der Waals surface area contributed by atoms with E-state index in [9.17, 15) is 0 Å². The van der Waals surface area contributed by atoms with E-state index in [4.69, 9.17) is 5.26 Å². The van der Waals surface area contributed by atoms with Crippen LogP contribution in [0.5, 0.6) is 0 Å². The maximum absolute atomic E-state index is 8.77. The average molecular weight is 183 g/mol. The molecule has 3 heteroatoms. The van der Waals surface area contributed by atoms with Crippen molar-refractivity contribution in [3.63, 3.8) is 0 Å². The second kappa shape index (κ2) is 3.35. The van der Waals surface area contributed by atoms with Gasteiger partial charge in [-0.3, -0.25) is 4.98 Å². The highest BCUT2D eigenvalue weighted by Crippen LogP contribution is 2.21. The molecule has 2 aromatic rings. The lowest BCUT2D eigenvalue weighted by Gasteiger charge is -2.04. The third-order valence-electron chi connectivity index (χ3n) is 2.14. The number of anilines is 1. The van der Waals surface area contributed by atoms with Crippen LogP contribution in [0, 0.1) is 11.3 Å². The summed E-state index contributed by atoms with van der Waals surface area (Å²) in [7, 11) is 1.85. The van der Waals surface area contributed by atoms with Crippen LogP contribution in [0.4, 0.5) is 5.69 Å². The summed E-state index contributed by atoms with van der Waals surface area (Å²) in [5, 5.41) is 12.8. The molecule has 0 radical (unpaired) electrons. The molecule has 0 saturated heterocycles. The van der Waals surface area contributed by atoms with Gasteiger partial charge >= 0.3 is 0 Å². The lowest BCUT2D eigenvalue weighted by atomic mass is 10.1. The highest BCUT2D eigenvalue weighted by atomic mass is 14.8. The van der Waals surface area contributed by atoms with Gasteiger partial charge in [-0.2, -0.15) is 5.26 Å². The van der Waals surface area contributed by atoms with Gasteiger partial charge in [-0.15, -0.1) is 0 Å². The first-order valence-corrected chi connectivity index (χ1v) is 4.32. The fourth-order valence-electron chi connectivity index (χ4n) is 1.43. The second-order valence-electron chi connectivity index (χ2n) is 2.95. The first-order valence-electron chi connectivity index (χ1n) is 4.32. The molecular weight excluding hydrogens is 174 g/mol. The van der Waals surface area contributed by atoms with Crippen molar-refractivity contribution in [3.05, 3.63) is 36.0 Å². The first-order chi connectivity index (χ1) is 6.85. The Bertz CT molecular complexity index is 511. The van der Waals surface area contributed by atoms with E-state index in [0.29, 0.717) is 5.56 Å². The van der Waals surface area contributed by atoms with Crippen LogP contribution in [0.2, 0.25) is 0 Å². The van der Waals surface area contributed by atoms with Gasteiger partial charge in [0.1, 0.15) is 0 Å². The van der Waals surface area contributed by atoms with Crippen molar-refractivity contribution in [2.24, 2.45) is 0 Å². The molecule has 0 unspecified atom stereocenters. The zero-order valence-corrected chi connectivity index (χ0v) is 7.78. The van der Waals surface area contributed by atoms with E-state index in [-0.39, 0.29) is 0 Å². The van der Waals surface area contributed by atoms with Crippen molar-refractivity contribution in [1.82, 2.24) is 4.98 Å². The number of nitrogens with one attached hydrogen (secondary N) is 1. The zero-order valence-electron chi connectivity index (χ0n) is 7.78. The predicted octanol–water partition coefficient (Wildman–Crippen LogP) is 2.15. The summed E-state index contributed by atoms with van der Waals surface area (Å²) in [6.07, 6.45) is 1.75. The molecule has 0 saturated carbocycles. The van der Waals surface area contributed by atoms with Crippen LogP contribution in [-0.2, 0) is 0 Å². The number of fused-ring (bicyclic) bond motifs is 1. The van der Waals surface area contributed by atoms with Gasteiger partial charge in [-0.05, 0) is 24.3 Å². The smallest absolute Gasteiger partial charge is 0.0991 e. The van der Waals surface area contributed by atoms with E-state index in [1.807, 2.05) is 25.2 Å². The van der Waals surface area contributed by atoms with Gasteiger partial charge < -0.3 is 5.32 Å². The molecule has 3 nitrogen and oxygen atoms in total. The third-order valence-corrected chi connectivity index (χ3v) is 2.14. The maximum Gasteiger partial charge on any atom is 0.0991 e. The van der Waals surface area contributed by atoms with Crippen LogP contribution in [0.25, 0.3) is 10.9 Å². The van der Waals surface area contributed by atoms with Crippen molar-refractivity contribution in [3.8, 4) is 6.07 Å². The molecule has 68 valence electrons. The minimum absolute atomic E-state index is 0.655. The van der Waals surface area contributed by atoms with Crippen LogP contribution in [0.15, 0.2) is 30.5 Å². The lowest BCUT2D eigenvalue weighted by molar-refractivity contribution is 1.39. The molecule has 0 amide bonds. The number of hydrogen-bond donors (Lipinski definition) is 1. The Morgan fingerprint density at radius 2 is 2.21 bits per heavy atom. The fraction of sp³-hybridized carbons (Fsp3) is 0.0909. The zero-order chi connectivity index (χ0) is 9.97. The van der Waals surface area contributed by atoms with E-state index in [0.717, 1.165) is 16.6 Å². The summed E-state index contributed by atoms with van der Waals surface area (Å²) >= 11 is 0. The van der Waals surface area contributed by atoms with Crippen LogP contribution < -0.4 is 5.32 Å². The highest BCUT2D eigenvalue weighted by molar-refractivity contribution is 5.91. The van der Waals surface area contributed by atoms with Crippen LogP contribution in [0.3, 0.4) is 0 Å². The second-order valence-corrected chi connectivity index (χ2v) is 2.95. The Kier molecular flexibility index (Phi) is 2.04. The van der Waals surface area contributed by atoms with E-state index in [1.54, 1.807) is 12.3 Å². The largest absolute Gasteiger partial charge is 0.388 e. The van der Waals surface area contributed by atoms with Gasteiger partial charge in [0.05, 0.1) is 17.1 Å². The highest BCUT2D eigenvalue weighted by Gasteiger charge is 2.00. The standard InChI is InChI=1S/C11H9N3/c1-13-10-4-5-14-11-3-2-8(7-12)6-9(10)11/h2-6H,1H3,(H,13,14). The molecular formula is C11H9N3. The topological polar surface area (TPSA) is 48.7 Å². The molecule has 1 aromatic carbocycles. The minimum Gasteiger partial charge on any atom is -0.388 e. The Labute approximate surface area is 82.0 Å². The fourth-order valence-corrected chi connectivity index (χ4v) is 1.43. The Hall–Kier alpha value is -2.08. The number of hydrogen-bond acceptors (Lipinski definition) is 3. The molecule has 0 aliphatic rings. The third kappa shape index (κ3) is 1.27. The number of pyridine rings is 1. The summed E-state index contributed by atoms with van der Waals surface area (Å²) in [5.74, 6) is 0. The van der Waals surface area contributed by atoms with Crippen LogP contribution >= 0.6 is 0 Å². The number of rotatable bonds is 1. The first kappa shape index (κ1) is 8.52. The molecule has 1 aromatic heterocycles. The van der Waals surface area contributed by atoms with Crippen LogP contribution in [0.1, 0.15) is 5.56 Å². The van der Waals surface area contributed by atoms with Crippen molar-refractivity contribution in [1.29, 1.82) is 5.26 Å². The minimum atomic E-state index is 0.655. The molecule has 0 bridgehead atoms. The normalized spacial score (nSPS) is 9.71. The molecule has 1 heterocycles. The van der Waals surface area contributed by atoms with E-state index in [1.165, 1.54) is 0 Å². The summed E-state index contributed by atoms with van der Waals surface area (Å²) in [4.78, 5) is 4.22. The van der Waals surface area contributed by atoms with Gasteiger partial charge in [-0.25, -0.2) is 0 Å². The lowest BCUT2D eigenvalue weighted by Crippen LogP contribution is -1.91. The van der Waals surface area contributed by atoms with E-state index in [2.05, 4.69) is 16.4 Å². The SMILES string of the molecule is CNc1ccnc2ccc(C#N)cc12. The number of nitrogens with zero attached hydrogens (tertiary/aromatic N) is 2. The van der Waals surface area contributed by atoms with Crippen molar-refractivity contribution in [2.45, 2.75) is 0 Å². The number of aromatic nitrogens is 1. The van der Waals surface area contributed by atoms with Crippen LogP contribution in [-0.4, -0.2) is 12.0 Å². The predicted molar refractivity (Wildman–Crippen MR) is 56.0 cm³/mol. The summed E-state index contributed by atoms with van der Waals surface area (Å²) in [6.45, 7) is 0. The number of nitriles is 1. The van der Waals surface area contributed by atoms with Gasteiger partial charge in [0.15, 0.2) is 0 Å². The van der Waals surface area contributed by atoms with E-state index >= 15 is 0 Å². The van der Waals surface area contributed by atoms with Crippen molar-refractivity contribution in [2.75, 3.05) is 12.4 Å². The quantitative estimate of drug-likeness (QED) is 0.736. The van der Waals surface area contributed by atoms with Gasteiger partial charge in [0.25, 0.3) is 0 Å². The maximum atomic E-state index is 8.77. The van der Waals surface area contributed by atoms with Gasteiger partial charge in [0.2, 0.25) is 0 Å². The van der Waals surface area contributed by atoms with E-state index < -0.39 is 0 Å². The molecule has 14 heavy (non-hydrogen) atoms. The molecule has 0 aliphatic heterocycles. The Balaban J connectivity index is 2.78. The monoisotopic (exact) mass is 183 g/mol. The molecule has 2 rings (SSSR count). The van der Waals surface area contributed by atoms with Crippen molar-refractivity contribution < 1.29 is 0 Å². The molecule has 0 spiro atoms. The number of benzene rings is 1. The summed E-state index contributed by atoms with van der Waals surface area (Å²) < 4.78 is 0. The summed E-state index contributed by atoms with van der Waals surface area (Å²) in [5.41, 5.74) is 2.55. The van der Waals surface area contributed by atoms with Crippen molar-refractivity contribution >= 4 is 16.6 Å². The molecule has 0 atom stereocenters. The van der Waals surface area contributed by atoms with Gasteiger partial charge in [0, 0.05) is 24.3 Å². The summed E-state index contributed by atoms with van der Waals surface area (Å²) in [6, 6.07) is 9.48. The molecule has 0 aliphatic carbocycles. The Morgan fingerprint density at radius 3 is 2.93 bits per heavy atom. The Morgan fingerprint density at radius 1 is 1.36 bits per heavy atom.